The standard InChI is InChI=1S/C20H14F2N2O2S/c1-11-15-9-13(21)6-7-17(15)26-18(11)19(25)24-20-23-10-14(27-20)8-12-4-2-3-5-16(12)22/h2-7,9-10H,8H2,1H3,(H,23,24,25). The second-order valence-electron chi connectivity index (χ2n) is 6.05. The SMILES string of the molecule is Cc1c(C(=O)Nc2ncc(Cc3ccccc3F)s2)oc2ccc(F)cc12. The van der Waals surface area contributed by atoms with Crippen LogP contribution in [0.2, 0.25) is 0 Å². The maximum absolute atomic E-state index is 13.8. The Hall–Kier alpha value is -3.06. The van der Waals surface area contributed by atoms with Gasteiger partial charge < -0.3 is 4.42 Å². The lowest BCUT2D eigenvalue weighted by Gasteiger charge is -2.00. The van der Waals surface area contributed by atoms with E-state index in [4.69, 9.17) is 4.42 Å². The summed E-state index contributed by atoms with van der Waals surface area (Å²) in [7, 11) is 0. The third-order valence-electron chi connectivity index (χ3n) is 4.20. The van der Waals surface area contributed by atoms with Crippen LogP contribution < -0.4 is 5.32 Å². The average Bonchev–Trinajstić information content (AvgIpc) is 3.21. The average molecular weight is 384 g/mol. The minimum Gasteiger partial charge on any atom is -0.451 e. The van der Waals surface area contributed by atoms with E-state index in [2.05, 4.69) is 10.3 Å². The number of nitrogens with one attached hydrogen (secondary N) is 1. The van der Waals surface area contributed by atoms with Crippen LogP contribution in [-0.4, -0.2) is 10.9 Å². The van der Waals surface area contributed by atoms with E-state index in [0.29, 0.717) is 33.6 Å². The number of carbonyl (C=O) groups excluding carboxylic acids is 1. The quantitative estimate of drug-likeness (QED) is 0.518. The molecule has 0 saturated heterocycles. The van der Waals surface area contributed by atoms with E-state index < -0.39 is 11.7 Å². The molecular formula is C20H14F2N2O2S. The molecule has 0 atom stereocenters. The Morgan fingerprint density at radius 2 is 2.04 bits per heavy atom. The van der Waals surface area contributed by atoms with Gasteiger partial charge in [0, 0.05) is 28.4 Å². The van der Waals surface area contributed by atoms with Crippen LogP contribution in [0, 0.1) is 18.6 Å². The number of hydrogen-bond donors (Lipinski definition) is 1. The topological polar surface area (TPSA) is 55.1 Å². The van der Waals surface area contributed by atoms with Crippen LogP contribution >= 0.6 is 11.3 Å². The van der Waals surface area contributed by atoms with Crippen molar-refractivity contribution in [3.05, 3.63) is 82.1 Å². The highest BCUT2D eigenvalue weighted by Crippen LogP contribution is 2.28. The molecule has 0 aliphatic carbocycles. The number of hydrogen-bond acceptors (Lipinski definition) is 4. The van der Waals surface area contributed by atoms with E-state index in [-0.39, 0.29) is 11.6 Å². The Kier molecular flexibility index (Phi) is 4.45. The summed E-state index contributed by atoms with van der Waals surface area (Å²) in [6.07, 6.45) is 2.00. The molecule has 2 heterocycles. The van der Waals surface area contributed by atoms with E-state index in [1.807, 2.05) is 0 Å². The van der Waals surface area contributed by atoms with Crippen molar-refractivity contribution in [3.63, 3.8) is 0 Å². The van der Waals surface area contributed by atoms with Crippen molar-refractivity contribution in [3.8, 4) is 0 Å². The van der Waals surface area contributed by atoms with E-state index in [9.17, 15) is 13.6 Å². The fourth-order valence-electron chi connectivity index (χ4n) is 2.84. The van der Waals surface area contributed by atoms with Crippen LogP contribution in [-0.2, 0) is 6.42 Å². The second kappa shape index (κ2) is 6.92. The molecule has 7 heteroatoms. The minimum atomic E-state index is -0.462. The summed E-state index contributed by atoms with van der Waals surface area (Å²) in [5.41, 5.74) is 1.57. The molecule has 0 unspecified atom stereocenters. The minimum absolute atomic E-state index is 0.112. The Labute approximate surface area is 157 Å². The summed E-state index contributed by atoms with van der Waals surface area (Å²) < 4.78 is 32.7. The van der Waals surface area contributed by atoms with Gasteiger partial charge in [-0.15, -0.1) is 11.3 Å². The van der Waals surface area contributed by atoms with E-state index >= 15 is 0 Å². The van der Waals surface area contributed by atoms with Crippen LogP contribution in [0.4, 0.5) is 13.9 Å². The number of anilines is 1. The summed E-state index contributed by atoms with van der Waals surface area (Å²) in [5, 5.41) is 3.62. The zero-order valence-corrected chi connectivity index (χ0v) is 15.1. The molecular weight excluding hydrogens is 370 g/mol. The van der Waals surface area contributed by atoms with E-state index in [1.165, 1.54) is 35.6 Å². The first-order valence-electron chi connectivity index (χ1n) is 8.19. The lowest BCUT2D eigenvalue weighted by Crippen LogP contribution is -2.11. The molecule has 0 spiro atoms. The molecule has 1 amide bonds. The Morgan fingerprint density at radius 3 is 2.85 bits per heavy atom. The van der Waals surface area contributed by atoms with E-state index in [0.717, 1.165) is 4.88 Å². The Bertz CT molecular complexity index is 1150. The van der Waals surface area contributed by atoms with Crippen molar-refractivity contribution in [1.82, 2.24) is 4.98 Å². The van der Waals surface area contributed by atoms with Gasteiger partial charge in [0.1, 0.15) is 17.2 Å². The van der Waals surface area contributed by atoms with Crippen molar-refractivity contribution < 1.29 is 18.0 Å². The number of aromatic nitrogens is 1. The number of fused-ring (bicyclic) bond motifs is 1. The van der Waals surface area contributed by atoms with Gasteiger partial charge in [-0.2, -0.15) is 0 Å². The van der Waals surface area contributed by atoms with Gasteiger partial charge >= 0.3 is 0 Å². The summed E-state index contributed by atoms with van der Waals surface area (Å²) in [6.45, 7) is 1.70. The van der Waals surface area contributed by atoms with Gasteiger partial charge in [0.15, 0.2) is 10.9 Å². The van der Waals surface area contributed by atoms with Crippen molar-refractivity contribution in [2.75, 3.05) is 5.32 Å². The van der Waals surface area contributed by atoms with Gasteiger partial charge in [0.05, 0.1) is 0 Å². The maximum Gasteiger partial charge on any atom is 0.293 e. The first kappa shape index (κ1) is 17.4. The number of halogens is 2. The van der Waals surface area contributed by atoms with Gasteiger partial charge in [-0.1, -0.05) is 18.2 Å². The molecule has 4 nitrogen and oxygen atoms in total. The maximum atomic E-state index is 13.8. The first-order chi connectivity index (χ1) is 13.0. The first-order valence-corrected chi connectivity index (χ1v) is 9.01. The highest BCUT2D eigenvalue weighted by Gasteiger charge is 2.19. The fourth-order valence-corrected chi connectivity index (χ4v) is 3.67. The van der Waals surface area contributed by atoms with Crippen LogP contribution in [0.25, 0.3) is 11.0 Å². The molecule has 136 valence electrons. The zero-order valence-electron chi connectivity index (χ0n) is 14.3. The molecule has 0 saturated carbocycles. The second-order valence-corrected chi connectivity index (χ2v) is 7.17. The van der Waals surface area contributed by atoms with Gasteiger partial charge in [-0.25, -0.2) is 13.8 Å². The normalized spacial score (nSPS) is 11.1. The number of thiazole rings is 1. The van der Waals surface area contributed by atoms with Crippen molar-refractivity contribution in [2.45, 2.75) is 13.3 Å². The van der Waals surface area contributed by atoms with Crippen LogP contribution in [0.1, 0.15) is 26.6 Å². The molecule has 27 heavy (non-hydrogen) atoms. The van der Waals surface area contributed by atoms with Crippen LogP contribution in [0.5, 0.6) is 0 Å². The fraction of sp³-hybridized carbons (Fsp3) is 0.100. The molecule has 0 aliphatic heterocycles. The number of amides is 1. The third-order valence-corrected chi connectivity index (χ3v) is 5.11. The van der Waals surface area contributed by atoms with Gasteiger partial charge in [-0.05, 0) is 36.8 Å². The predicted octanol–water partition coefficient (Wildman–Crippen LogP) is 5.32. The number of carbonyl (C=O) groups is 1. The van der Waals surface area contributed by atoms with E-state index in [1.54, 1.807) is 31.3 Å². The number of nitrogens with zero attached hydrogens (tertiary/aromatic N) is 1. The summed E-state index contributed by atoms with van der Waals surface area (Å²) in [4.78, 5) is 17.5. The monoisotopic (exact) mass is 384 g/mol. The van der Waals surface area contributed by atoms with Crippen molar-refractivity contribution >= 4 is 33.3 Å². The highest BCUT2D eigenvalue weighted by molar-refractivity contribution is 7.15. The molecule has 0 radical (unpaired) electrons. The third kappa shape index (κ3) is 3.46. The molecule has 2 aromatic heterocycles. The van der Waals surface area contributed by atoms with Crippen LogP contribution in [0.3, 0.4) is 0 Å². The van der Waals surface area contributed by atoms with Crippen molar-refractivity contribution in [1.29, 1.82) is 0 Å². The number of benzene rings is 2. The molecule has 0 bridgehead atoms. The van der Waals surface area contributed by atoms with Gasteiger partial charge in [0.25, 0.3) is 5.91 Å². The van der Waals surface area contributed by atoms with Gasteiger partial charge in [0.2, 0.25) is 0 Å². The number of aryl methyl sites for hydroxylation is 1. The molecule has 4 aromatic rings. The smallest absolute Gasteiger partial charge is 0.293 e. The molecule has 4 rings (SSSR count). The predicted molar refractivity (Wildman–Crippen MR) is 100 cm³/mol. The molecule has 0 fully saturated rings. The van der Waals surface area contributed by atoms with Gasteiger partial charge in [-0.3, -0.25) is 10.1 Å². The number of rotatable bonds is 4. The molecule has 1 N–H and O–H groups in total. The molecule has 2 aromatic carbocycles. The highest BCUT2D eigenvalue weighted by atomic mass is 32.1. The Morgan fingerprint density at radius 1 is 1.22 bits per heavy atom. The van der Waals surface area contributed by atoms with Crippen molar-refractivity contribution in [2.24, 2.45) is 0 Å². The summed E-state index contributed by atoms with van der Waals surface area (Å²) >= 11 is 1.26. The summed E-state index contributed by atoms with van der Waals surface area (Å²) in [5.74, 6) is -1.02. The molecule has 0 aliphatic rings. The zero-order chi connectivity index (χ0) is 19.0. The van der Waals surface area contributed by atoms with Crippen LogP contribution in [0.15, 0.2) is 53.1 Å². The largest absolute Gasteiger partial charge is 0.451 e. The lowest BCUT2D eigenvalue weighted by molar-refractivity contribution is 0.0998. The number of furan rings is 1. The Balaban J connectivity index is 1.53. The lowest BCUT2D eigenvalue weighted by atomic mass is 10.1. The summed E-state index contributed by atoms with van der Waals surface area (Å²) in [6, 6.07) is 10.6.